The van der Waals surface area contributed by atoms with Crippen LogP contribution in [0.5, 0.6) is 0 Å². The predicted octanol–water partition coefficient (Wildman–Crippen LogP) is 2.65. The molecule has 0 unspecified atom stereocenters. The van der Waals surface area contributed by atoms with Crippen LogP contribution in [0.1, 0.15) is 40.0 Å². The van der Waals surface area contributed by atoms with Gasteiger partial charge in [-0.15, -0.1) is 11.6 Å². The molecule has 0 bridgehead atoms. The standard InChI is InChI=1S/C11H20ClNO/c1-4-11(2,3)10(14)13(8-7-12)9-5-6-9/h9H,4-8H2,1-3H3. The molecule has 0 radical (unpaired) electrons. The maximum Gasteiger partial charge on any atom is 0.228 e. The highest BCUT2D eigenvalue weighted by molar-refractivity contribution is 6.18. The quantitative estimate of drug-likeness (QED) is 0.649. The molecule has 0 saturated heterocycles. The van der Waals surface area contributed by atoms with E-state index in [1.165, 1.54) is 0 Å². The van der Waals surface area contributed by atoms with Gasteiger partial charge in [-0.25, -0.2) is 0 Å². The number of amides is 1. The molecule has 14 heavy (non-hydrogen) atoms. The van der Waals surface area contributed by atoms with Gasteiger partial charge in [0.2, 0.25) is 5.91 Å². The van der Waals surface area contributed by atoms with E-state index in [0.717, 1.165) is 19.3 Å². The highest BCUT2D eigenvalue weighted by atomic mass is 35.5. The topological polar surface area (TPSA) is 20.3 Å². The Morgan fingerprint density at radius 2 is 2.07 bits per heavy atom. The fourth-order valence-corrected chi connectivity index (χ4v) is 1.65. The van der Waals surface area contributed by atoms with Crippen molar-refractivity contribution in [1.82, 2.24) is 4.90 Å². The van der Waals surface area contributed by atoms with E-state index in [1.807, 2.05) is 18.7 Å². The fourth-order valence-electron chi connectivity index (χ4n) is 1.47. The highest BCUT2D eigenvalue weighted by Gasteiger charge is 2.38. The van der Waals surface area contributed by atoms with Crippen LogP contribution < -0.4 is 0 Å². The Balaban J connectivity index is 2.62. The first kappa shape index (κ1) is 11.8. The van der Waals surface area contributed by atoms with Gasteiger partial charge in [-0.05, 0) is 19.3 Å². The Labute approximate surface area is 91.6 Å². The highest BCUT2D eigenvalue weighted by Crippen LogP contribution is 2.32. The van der Waals surface area contributed by atoms with Crippen LogP contribution in [0.15, 0.2) is 0 Å². The maximum absolute atomic E-state index is 12.1. The Morgan fingerprint density at radius 1 is 1.50 bits per heavy atom. The zero-order valence-corrected chi connectivity index (χ0v) is 10.1. The minimum Gasteiger partial charge on any atom is -0.338 e. The fraction of sp³-hybridized carbons (Fsp3) is 0.909. The maximum atomic E-state index is 12.1. The molecule has 1 saturated carbocycles. The van der Waals surface area contributed by atoms with Crippen molar-refractivity contribution >= 4 is 17.5 Å². The van der Waals surface area contributed by atoms with E-state index in [1.54, 1.807) is 0 Å². The van der Waals surface area contributed by atoms with Gasteiger partial charge < -0.3 is 4.90 Å². The van der Waals surface area contributed by atoms with E-state index in [9.17, 15) is 4.79 Å². The molecule has 82 valence electrons. The molecule has 1 amide bonds. The largest absolute Gasteiger partial charge is 0.338 e. The van der Waals surface area contributed by atoms with Crippen molar-refractivity contribution in [3.8, 4) is 0 Å². The lowest BCUT2D eigenvalue weighted by molar-refractivity contribution is -0.140. The predicted molar refractivity (Wildman–Crippen MR) is 59.5 cm³/mol. The van der Waals surface area contributed by atoms with Crippen LogP contribution in [0.25, 0.3) is 0 Å². The molecule has 0 heterocycles. The molecule has 0 aromatic rings. The summed E-state index contributed by atoms with van der Waals surface area (Å²) in [5.74, 6) is 0.810. The first-order valence-electron chi connectivity index (χ1n) is 5.40. The first-order chi connectivity index (χ1) is 6.53. The van der Waals surface area contributed by atoms with E-state index < -0.39 is 0 Å². The molecule has 3 heteroatoms. The third-order valence-corrected chi connectivity index (χ3v) is 3.21. The average molecular weight is 218 g/mol. The van der Waals surface area contributed by atoms with Crippen LogP contribution >= 0.6 is 11.6 Å². The van der Waals surface area contributed by atoms with E-state index >= 15 is 0 Å². The van der Waals surface area contributed by atoms with Gasteiger partial charge in [-0.1, -0.05) is 20.8 Å². The third-order valence-electron chi connectivity index (χ3n) is 3.04. The van der Waals surface area contributed by atoms with E-state index in [4.69, 9.17) is 11.6 Å². The molecule has 1 aliphatic rings. The van der Waals surface area contributed by atoms with Crippen molar-refractivity contribution in [1.29, 1.82) is 0 Å². The van der Waals surface area contributed by atoms with Crippen LogP contribution in [0, 0.1) is 5.41 Å². The molecular formula is C11H20ClNO. The molecule has 0 aliphatic heterocycles. The van der Waals surface area contributed by atoms with Crippen molar-refractivity contribution < 1.29 is 4.79 Å². The molecule has 2 nitrogen and oxygen atoms in total. The van der Waals surface area contributed by atoms with Gasteiger partial charge in [0, 0.05) is 23.9 Å². The van der Waals surface area contributed by atoms with Gasteiger partial charge in [0.05, 0.1) is 0 Å². The van der Waals surface area contributed by atoms with Gasteiger partial charge >= 0.3 is 0 Å². The van der Waals surface area contributed by atoms with E-state index in [2.05, 4.69) is 6.92 Å². The molecule has 0 aromatic heterocycles. The van der Waals surface area contributed by atoms with Crippen LogP contribution in [-0.4, -0.2) is 29.3 Å². The van der Waals surface area contributed by atoms with Crippen molar-refractivity contribution in [2.24, 2.45) is 5.41 Å². The van der Waals surface area contributed by atoms with Crippen LogP contribution in [0.4, 0.5) is 0 Å². The summed E-state index contributed by atoms with van der Waals surface area (Å²) in [4.78, 5) is 14.1. The number of hydrogen-bond acceptors (Lipinski definition) is 1. The molecule has 0 aromatic carbocycles. The van der Waals surface area contributed by atoms with Crippen molar-refractivity contribution in [2.45, 2.75) is 46.1 Å². The Bertz CT molecular complexity index is 211. The van der Waals surface area contributed by atoms with Gasteiger partial charge in [-0.3, -0.25) is 4.79 Å². The molecular weight excluding hydrogens is 198 g/mol. The molecule has 1 aliphatic carbocycles. The first-order valence-corrected chi connectivity index (χ1v) is 5.93. The Morgan fingerprint density at radius 3 is 2.43 bits per heavy atom. The Hall–Kier alpha value is -0.240. The lowest BCUT2D eigenvalue weighted by atomic mass is 9.88. The van der Waals surface area contributed by atoms with Crippen LogP contribution in [0.2, 0.25) is 0 Å². The number of alkyl halides is 1. The lowest BCUT2D eigenvalue weighted by Crippen LogP contribution is -2.43. The number of halogens is 1. The zero-order valence-electron chi connectivity index (χ0n) is 9.35. The van der Waals surface area contributed by atoms with Gasteiger partial charge in [0.25, 0.3) is 0 Å². The Kier molecular flexibility index (Phi) is 3.82. The number of nitrogens with zero attached hydrogens (tertiary/aromatic N) is 1. The molecule has 0 spiro atoms. The third kappa shape index (κ3) is 2.63. The second-order valence-electron chi connectivity index (χ2n) is 4.66. The number of carbonyl (C=O) groups excluding carboxylic acids is 1. The van der Waals surface area contributed by atoms with Crippen LogP contribution in [0.3, 0.4) is 0 Å². The molecule has 1 fully saturated rings. The molecule has 0 N–H and O–H groups in total. The normalized spacial score (nSPS) is 16.9. The number of rotatable bonds is 5. The summed E-state index contributed by atoms with van der Waals surface area (Å²) in [6.45, 7) is 6.79. The summed E-state index contributed by atoms with van der Waals surface area (Å²) in [6.07, 6.45) is 3.20. The second kappa shape index (κ2) is 4.52. The van der Waals surface area contributed by atoms with E-state index in [0.29, 0.717) is 18.5 Å². The summed E-state index contributed by atoms with van der Waals surface area (Å²) in [5, 5.41) is 0. The van der Waals surface area contributed by atoms with Crippen molar-refractivity contribution in [3.05, 3.63) is 0 Å². The van der Waals surface area contributed by atoms with Crippen molar-refractivity contribution in [2.75, 3.05) is 12.4 Å². The summed E-state index contributed by atoms with van der Waals surface area (Å²) >= 11 is 5.71. The monoisotopic (exact) mass is 217 g/mol. The number of carbonyl (C=O) groups is 1. The molecule has 0 atom stereocenters. The molecule has 1 rings (SSSR count). The smallest absolute Gasteiger partial charge is 0.228 e. The van der Waals surface area contributed by atoms with Gasteiger partial charge in [0.1, 0.15) is 0 Å². The number of hydrogen-bond donors (Lipinski definition) is 0. The zero-order chi connectivity index (χ0) is 10.8. The van der Waals surface area contributed by atoms with E-state index in [-0.39, 0.29) is 11.3 Å². The van der Waals surface area contributed by atoms with Crippen LogP contribution in [-0.2, 0) is 4.79 Å². The lowest BCUT2D eigenvalue weighted by Gasteiger charge is -2.31. The minimum absolute atomic E-state index is 0.228. The SMILES string of the molecule is CCC(C)(C)C(=O)N(CCCl)C1CC1. The average Bonchev–Trinajstić information content (AvgIpc) is 2.96. The summed E-state index contributed by atoms with van der Waals surface area (Å²) in [5.41, 5.74) is -0.228. The summed E-state index contributed by atoms with van der Waals surface area (Å²) < 4.78 is 0. The summed E-state index contributed by atoms with van der Waals surface area (Å²) in [6, 6.07) is 0.479. The summed E-state index contributed by atoms with van der Waals surface area (Å²) in [7, 11) is 0. The second-order valence-corrected chi connectivity index (χ2v) is 5.03. The minimum atomic E-state index is -0.228. The van der Waals surface area contributed by atoms with Gasteiger partial charge in [-0.2, -0.15) is 0 Å². The van der Waals surface area contributed by atoms with Crippen molar-refractivity contribution in [3.63, 3.8) is 0 Å². The van der Waals surface area contributed by atoms with Gasteiger partial charge in [0.15, 0.2) is 0 Å².